The predicted octanol–water partition coefficient (Wildman–Crippen LogP) is -0.547. The maximum atomic E-state index is 11.8. The molecule has 2 atom stereocenters. The Morgan fingerprint density at radius 1 is 1.16 bits per heavy atom. The maximum absolute atomic E-state index is 11.8. The Balaban J connectivity index is 2.10. The normalized spacial score (nSPS) is 21.3. The van der Waals surface area contributed by atoms with Crippen LogP contribution in [0.15, 0.2) is 0 Å². The van der Waals surface area contributed by atoms with Crippen LogP contribution >= 0.6 is 0 Å². The lowest BCUT2D eigenvalue weighted by atomic mass is 10.2. The molecule has 19 heavy (non-hydrogen) atoms. The number of nitrogens with zero attached hydrogens (tertiary/aromatic N) is 1. The van der Waals surface area contributed by atoms with Crippen LogP contribution in [0, 0.1) is 11.8 Å². The molecule has 0 heterocycles. The van der Waals surface area contributed by atoms with E-state index in [0.29, 0.717) is 26.1 Å². The summed E-state index contributed by atoms with van der Waals surface area (Å²) in [5.74, 6) is -0.316. The van der Waals surface area contributed by atoms with Crippen LogP contribution < -0.4 is 10.6 Å². The molecule has 1 rings (SSSR count). The van der Waals surface area contributed by atoms with Crippen molar-refractivity contribution >= 4 is 11.8 Å². The lowest BCUT2D eigenvalue weighted by Gasteiger charge is -2.09. The highest BCUT2D eigenvalue weighted by molar-refractivity contribution is 5.92. The van der Waals surface area contributed by atoms with E-state index in [1.165, 1.54) is 0 Å². The fourth-order valence-corrected chi connectivity index (χ4v) is 1.92. The molecule has 2 unspecified atom stereocenters. The largest absolute Gasteiger partial charge is 0.383 e. The number of carbonyl (C=O) groups is 2. The van der Waals surface area contributed by atoms with Gasteiger partial charge in [0.1, 0.15) is 0 Å². The highest BCUT2D eigenvalue weighted by Gasteiger charge is 2.47. The Morgan fingerprint density at radius 3 is 2.26 bits per heavy atom. The van der Waals surface area contributed by atoms with Gasteiger partial charge in [-0.1, -0.05) is 0 Å². The zero-order valence-corrected chi connectivity index (χ0v) is 12.1. The third kappa shape index (κ3) is 6.02. The fourth-order valence-electron chi connectivity index (χ4n) is 1.92. The van der Waals surface area contributed by atoms with Crippen molar-refractivity contribution in [1.82, 2.24) is 15.5 Å². The predicted molar refractivity (Wildman–Crippen MR) is 72.7 cm³/mol. The monoisotopic (exact) mass is 271 g/mol. The number of hydrogen-bond acceptors (Lipinski definition) is 4. The fraction of sp³-hybridized carbons (Fsp3) is 0.846. The van der Waals surface area contributed by atoms with Crippen molar-refractivity contribution in [2.24, 2.45) is 11.8 Å². The van der Waals surface area contributed by atoms with E-state index in [2.05, 4.69) is 15.5 Å². The van der Waals surface area contributed by atoms with E-state index in [-0.39, 0.29) is 23.7 Å². The van der Waals surface area contributed by atoms with Crippen molar-refractivity contribution < 1.29 is 14.3 Å². The van der Waals surface area contributed by atoms with Crippen LogP contribution in [0.1, 0.15) is 12.8 Å². The molecule has 110 valence electrons. The van der Waals surface area contributed by atoms with Gasteiger partial charge in [-0.15, -0.1) is 0 Å². The van der Waals surface area contributed by atoms with Crippen LogP contribution in [-0.2, 0) is 14.3 Å². The van der Waals surface area contributed by atoms with Gasteiger partial charge >= 0.3 is 0 Å². The van der Waals surface area contributed by atoms with Crippen LogP contribution in [0.25, 0.3) is 0 Å². The lowest BCUT2D eigenvalue weighted by Crippen LogP contribution is -2.32. The van der Waals surface area contributed by atoms with Gasteiger partial charge in [-0.05, 0) is 33.5 Å². The third-order valence-electron chi connectivity index (χ3n) is 3.15. The smallest absolute Gasteiger partial charge is 0.224 e. The van der Waals surface area contributed by atoms with E-state index < -0.39 is 0 Å². The lowest BCUT2D eigenvalue weighted by molar-refractivity contribution is -0.127. The number of hydrogen-bond donors (Lipinski definition) is 2. The summed E-state index contributed by atoms with van der Waals surface area (Å²) in [4.78, 5) is 25.5. The molecule has 0 aromatic rings. The number of nitrogens with one attached hydrogen (secondary N) is 2. The highest BCUT2D eigenvalue weighted by Crippen LogP contribution is 2.38. The van der Waals surface area contributed by atoms with Crippen LogP contribution in [0.4, 0.5) is 0 Å². The van der Waals surface area contributed by atoms with Crippen molar-refractivity contribution in [3.63, 3.8) is 0 Å². The second kappa shape index (κ2) is 8.12. The first-order valence-electron chi connectivity index (χ1n) is 6.75. The zero-order valence-electron chi connectivity index (χ0n) is 12.1. The van der Waals surface area contributed by atoms with Crippen molar-refractivity contribution in [3.05, 3.63) is 0 Å². The SMILES string of the molecule is COCCNC(=O)C1CC1C(=O)NCCCN(C)C. The first kappa shape index (κ1) is 15.9. The molecule has 6 heteroatoms. The van der Waals surface area contributed by atoms with Gasteiger partial charge in [-0.2, -0.15) is 0 Å². The van der Waals surface area contributed by atoms with E-state index in [1.54, 1.807) is 7.11 Å². The van der Waals surface area contributed by atoms with Crippen molar-refractivity contribution in [3.8, 4) is 0 Å². The minimum Gasteiger partial charge on any atom is -0.383 e. The summed E-state index contributed by atoms with van der Waals surface area (Å²) in [6.45, 7) is 2.63. The van der Waals surface area contributed by atoms with E-state index in [4.69, 9.17) is 4.74 Å². The molecule has 0 bridgehead atoms. The van der Waals surface area contributed by atoms with Crippen molar-refractivity contribution in [2.75, 3.05) is 47.4 Å². The van der Waals surface area contributed by atoms with E-state index in [1.807, 2.05) is 14.1 Å². The summed E-state index contributed by atoms with van der Waals surface area (Å²) >= 11 is 0. The summed E-state index contributed by atoms with van der Waals surface area (Å²) in [5, 5.41) is 5.64. The van der Waals surface area contributed by atoms with Crippen LogP contribution in [-0.4, -0.2) is 64.2 Å². The summed E-state index contributed by atoms with van der Waals surface area (Å²) < 4.78 is 4.85. The molecule has 0 saturated heterocycles. The second-order valence-corrected chi connectivity index (χ2v) is 5.18. The summed E-state index contributed by atoms with van der Waals surface area (Å²) in [5.41, 5.74) is 0. The number of rotatable bonds is 9. The Morgan fingerprint density at radius 2 is 1.74 bits per heavy atom. The topological polar surface area (TPSA) is 70.7 Å². The van der Waals surface area contributed by atoms with Gasteiger partial charge in [0.05, 0.1) is 18.4 Å². The molecule has 0 aliphatic heterocycles. The molecular formula is C13H25N3O3. The average molecular weight is 271 g/mol. The van der Waals surface area contributed by atoms with Gasteiger partial charge in [-0.3, -0.25) is 9.59 Å². The van der Waals surface area contributed by atoms with Crippen molar-refractivity contribution in [1.29, 1.82) is 0 Å². The minimum absolute atomic E-state index is 0.00523. The molecule has 1 aliphatic rings. The molecule has 0 aromatic carbocycles. The first-order valence-corrected chi connectivity index (χ1v) is 6.75. The first-order chi connectivity index (χ1) is 9.06. The summed E-state index contributed by atoms with van der Waals surface area (Å²) in [7, 11) is 5.60. The van der Waals surface area contributed by atoms with Crippen molar-refractivity contribution in [2.45, 2.75) is 12.8 Å². The minimum atomic E-state index is -0.147. The van der Waals surface area contributed by atoms with Crippen LogP contribution in [0.3, 0.4) is 0 Å². The molecule has 0 radical (unpaired) electrons. The number of methoxy groups -OCH3 is 1. The quantitative estimate of drug-likeness (QED) is 0.552. The second-order valence-electron chi connectivity index (χ2n) is 5.18. The van der Waals surface area contributed by atoms with Crippen LogP contribution in [0.2, 0.25) is 0 Å². The molecule has 1 aliphatic carbocycles. The standard InChI is InChI=1S/C13H25N3O3/c1-16(2)7-4-5-14-12(17)10-9-11(10)13(18)15-6-8-19-3/h10-11H,4-9H2,1-3H3,(H,14,17)(H,15,18). The molecular weight excluding hydrogens is 246 g/mol. The van der Waals surface area contributed by atoms with Gasteiger partial charge in [0, 0.05) is 20.2 Å². The third-order valence-corrected chi connectivity index (χ3v) is 3.15. The maximum Gasteiger partial charge on any atom is 0.224 e. The van der Waals surface area contributed by atoms with Crippen LogP contribution in [0.5, 0.6) is 0 Å². The Labute approximate surface area is 114 Å². The van der Waals surface area contributed by atoms with E-state index in [0.717, 1.165) is 13.0 Å². The van der Waals surface area contributed by atoms with E-state index in [9.17, 15) is 9.59 Å². The number of amides is 2. The average Bonchev–Trinajstić information content (AvgIpc) is 3.14. The zero-order chi connectivity index (χ0) is 14.3. The van der Waals surface area contributed by atoms with E-state index >= 15 is 0 Å². The molecule has 2 N–H and O–H groups in total. The van der Waals surface area contributed by atoms with Gasteiger partial charge in [-0.25, -0.2) is 0 Å². The molecule has 0 spiro atoms. The molecule has 1 saturated carbocycles. The molecule has 6 nitrogen and oxygen atoms in total. The Bertz CT molecular complexity index is 308. The Kier molecular flexibility index (Phi) is 6.80. The molecule has 0 aromatic heterocycles. The molecule has 1 fully saturated rings. The van der Waals surface area contributed by atoms with Gasteiger partial charge in [0.25, 0.3) is 0 Å². The summed E-state index contributed by atoms with van der Waals surface area (Å²) in [6, 6.07) is 0. The van der Waals surface area contributed by atoms with Gasteiger partial charge < -0.3 is 20.3 Å². The molecule has 2 amide bonds. The highest BCUT2D eigenvalue weighted by atomic mass is 16.5. The number of carbonyl (C=O) groups excluding carboxylic acids is 2. The van der Waals surface area contributed by atoms with Gasteiger partial charge in [0.2, 0.25) is 11.8 Å². The van der Waals surface area contributed by atoms with Gasteiger partial charge in [0.15, 0.2) is 0 Å². The number of ether oxygens (including phenoxy) is 1. The summed E-state index contributed by atoms with van der Waals surface area (Å²) in [6.07, 6.45) is 1.59. The Hall–Kier alpha value is -1.14.